The van der Waals surface area contributed by atoms with Crippen molar-refractivity contribution in [3.05, 3.63) is 58.0 Å². The topological polar surface area (TPSA) is 75.5 Å². The molecule has 1 fully saturated rings. The molecule has 1 aromatic heterocycles. The maximum atomic E-state index is 13.1. The highest BCUT2D eigenvalue weighted by molar-refractivity contribution is 6.06. The number of likely N-dealkylation sites (tertiary alicyclic amines) is 1. The zero-order valence-corrected chi connectivity index (χ0v) is 15.3. The highest BCUT2D eigenvalue weighted by atomic mass is 16.2. The monoisotopic (exact) mass is 366 g/mol. The summed E-state index contributed by atoms with van der Waals surface area (Å²) >= 11 is 0. The van der Waals surface area contributed by atoms with Crippen LogP contribution in [0.3, 0.4) is 0 Å². The molecule has 27 heavy (non-hydrogen) atoms. The maximum Gasteiger partial charge on any atom is 0.278 e. The molecule has 7 nitrogen and oxygen atoms in total. The van der Waals surface area contributed by atoms with E-state index in [1.807, 2.05) is 31.2 Å². The van der Waals surface area contributed by atoms with Gasteiger partial charge in [-0.25, -0.2) is 4.68 Å². The molecule has 0 bridgehead atoms. The number of benzene rings is 1. The molecule has 2 aliphatic rings. The van der Waals surface area contributed by atoms with Gasteiger partial charge in [-0.3, -0.25) is 14.4 Å². The van der Waals surface area contributed by atoms with Crippen molar-refractivity contribution in [3.63, 3.8) is 0 Å². The summed E-state index contributed by atoms with van der Waals surface area (Å²) < 4.78 is 1.10. The van der Waals surface area contributed by atoms with Gasteiger partial charge in [-0.05, 0) is 43.9 Å². The van der Waals surface area contributed by atoms with Crippen LogP contribution in [0.15, 0.2) is 41.2 Å². The Morgan fingerprint density at radius 2 is 1.85 bits per heavy atom. The molecule has 0 N–H and O–H groups in total. The summed E-state index contributed by atoms with van der Waals surface area (Å²) in [5.74, 6) is -0.388. The Hall–Kier alpha value is -2.96. The van der Waals surface area contributed by atoms with Crippen molar-refractivity contribution in [1.29, 1.82) is 0 Å². The molecule has 1 unspecified atom stereocenters. The van der Waals surface area contributed by atoms with Crippen molar-refractivity contribution in [2.24, 2.45) is 0 Å². The molecule has 1 saturated heterocycles. The van der Waals surface area contributed by atoms with Gasteiger partial charge in [-0.15, -0.1) is 0 Å². The second-order valence-corrected chi connectivity index (χ2v) is 7.16. The predicted molar refractivity (Wildman–Crippen MR) is 101 cm³/mol. The minimum Gasteiger partial charge on any atom is -0.341 e. The smallest absolute Gasteiger partial charge is 0.278 e. The van der Waals surface area contributed by atoms with Crippen LogP contribution in [0.2, 0.25) is 0 Å². The van der Waals surface area contributed by atoms with Gasteiger partial charge >= 0.3 is 0 Å². The fourth-order valence-corrected chi connectivity index (χ4v) is 3.87. The molecule has 7 heteroatoms. The molecule has 2 amide bonds. The number of para-hydroxylation sites is 1. The lowest BCUT2D eigenvalue weighted by molar-refractivity contribution is -0.131. The minimum absolute atomic E-state index is 0.0170. The molecule has 1 aromatic carbocycles. The second kappa shape index (κ2) is 6.98. The summed E-state index contributed by atoms with van der Waals surface area (Å²) in [4.78, 5) is 41.0. The first-order valence-corrected chi connectivity index (χ1v) is 9.32. The van der Waals surface area contributed by atoms with E-state index in [9.17, 15) is 14.4 Å². The summed E-state index contributed by atoms with van der Waals surface area (Å²) in [6, 6.07) is 10.6. The molecule has 0 radical (unpaired) electrons. The summed E-state index contributed by atoms with van der Waals surface area (Å²) in [6.45, 7) is 3.29. The normalized spacial score (nSPS) is 18.6. The number of carbonyl (C=O) groups is 2. The lowest BCUT2D eigenvalue weighted by Crippen LogP contribution is -2.39. The quantitative estimate of drug-likeness (QED) is 0.824. The van der Waals surface area contributed by atoms with E-state index in [-0.39, 0.29) is 35.7 Å². The van der Waals surface area contributed by atoms with Gasteiger partial charge in [0.2, 0.25) is 5.91 Å². The number of amides is 2. The Bertz CT molecular complexity index is 946. The van der Waals surface area contributed by atoms with E-state index in [2.05, 4.69) is 5.10 Å². The van der Waals surface area contributed by atoms with E-state index < -0.39 is 0 Å². The van der Waals surface area contributed by atoms with Crippen molar-refractivity contribution in [3.8, 4) is 0 Å². The van der Waals surface area contributed by atoms with E-state index >= 15 is 0 Å². The van der Waals surface area contributed by atoms with Gasteiger partial charge in [0, 0.05) is 30.9 Å². The van der Waals surface area contributed by atoms with Crippen molar-refractivity contribution in [2.45, 2.75) is 38.8 Å². The van der Waals surface area contributed by atoms with Gasteiger partial charge in [0.1, 0.15) is 12.2 Å². The summed E-state index contributed by atoms with van der Waals surface area (Å²) in [6.07, 6.45) is 2.76. The lowest BCUT2D eigenvalue weighted by atomic mass is 10.1. The van der Waals surface area contributed by atoms with Gasteiger partial charge in [0.05, 0.1) is 0 Å². The molecule has 3 heterocycles. The number of hydrogen-bond acceptors (Lipinski definition) is 4. The number of hydrogen-bond donors (Lipinski definition) is 0. The number of fused-ring (bicyclic) bond motifs is 1. The van der Waals surface area contributed by atoms with Crippen LogP contribution < -0.4 is 10.5 Å². The second-order valence-electron chi connectivity index (χ2n) is 7.16. The van der Waals surface area contributed by atoms with Crippen LogP contribution in [0.5, 0.6) is 0 Å². The Morgan fingerprint density at radius 3 is 2.63 bits per heavy atom. The van der Waals surface area contributed by atoms with Crippen LogP contribution in [-0.2, 0) is 17.8 Å². The van der Waals surface area contributed by atoms with Crippen molar-refractivity contribution >= 4 is 17.5 Å². The standard InChI is InChI=1S/C20H22N4O3/c1-14-12-15-6-2-3-7-17(15)24(14)20(27)16-8-9-18(25)23(21-16)13-19(26)22-10-4-5-11-22/h2-3,6-9,14H,4-5,10-13H2,1H3. The first-order chi connectivity index (χ1) is 13.0. The van der Waals surface area contributed by atoms with E-state index in [1.165, 1.54) is 12.1 Å². The fraction of sp³-hybridized carbons (Fsp3) is 0.400. The zero-order chi connectivity index (χ0) is 19.0. The van der Waals surface area contributed by atoms with E-state index in [0.717, 1.165) is 35.2 Å². The maximum absolute atomic E-state index is 13.1. The molecule has 0 spiro atoms. The van der Waals surface area contributed by atoms with Crippen LogP contribution in [0.4, 0.5) is 5.69 Å². The first-order valence-electron chi connectivity index (χ1n) is 9.32. The predicted octanol–water partition coefficient (Wildman–Crippen LogP) is 1.46. The van der Waals surface area contributed by atoms with Crippen LogP contribution >= 0.6 is 0 Å². The fourth-order valence-electron chi connectivity index (χ4n) is 3.87. The third kappa shape index (κ3) is 3.25. The summed E-state index contributed by atoms with van der Waals surface area (Å²) in [5, 5.41) is 4.20. The van der Waals surface area contributed by atoms with Gasteiger partial charge in [0.15, 0.2) is 0 Å². The Kier molecular flexibility index (Phi) is 4.51. The molecular formula is C20H22N4O3. The molecular weight excluding hydrogens is 344 g/mol. The highest BCUT2D eigenvalue weighted by Gasteiger charge is 2.32. The van der Waals surface area contributed by atoms with Gasteiger partial charge < -0.3 is 9.80 Å². The largest absolute Gasteiger partial charge is 0.341 e. The molecule has 140 valence electrons. The molecule has 1 atom stereocenters. The first kappa shape index (κ1) is 17.5. The van der Waals surface area contributed by atoms with Crippen molar-refractivity contribution < 1.29 is 9.59 Å². The van der Waals surface area contributed by atoms with Gasteiger partial charge in [-0.2, -0.15) is 5.10 Å². The van der Waals surface area contributed by atoms with Crippen molar-refractivity contribution in [1.82, 2.24) is 14.7 Å². The molecule has 0 saturated carbocycles. The number of anilines is 1. The third-order valence-corrected chi connectivity index (χ3v) is 5.26. The van der Waals surface area contributed by atoms with E-state index in [1.54, 1.807) is 9.80 Å². The van der Waals surface area contributed by atoms with Crippen LogP contribution in [0.1, 0.15) is 35.8 Å². The van der Waals surface area contributed by atoms with Crippen LogP contribution in [-0.4, -0.2) is 45.6 Å². The Labute approximate surface area is 157 Å². The molecule has 4 rings (SSSR count). The van der Waals surface area contributed by atoms with Gasteiger partial charge in [0.25, 0.3) is 11.5 Å². The number of nitrogens with zero attached hydrogens (tertiary/aromatic N) is 4. The SMILES string of the molecule is CC1Cc2ccccc2N1C(=O)c1ccc(=O)n(CC(=O)N2CCCC2)n1. The molecule has 0 aliphatic carbocycles. The third-order valence-electron chi connectivity index (χ3n) is 5.26. The summed E-state index contributed by atoms with van der Waals surface area (Å²) in [5.41, 5.74) is 1.79. The van der Waals surface area contributed by atoms with Crippen molar-refractivity contribution in [2.75, 3.05) is 18.0 Å². The molecule has 2 aliphatic heterocycles. The minimum atomic E-state index is -0.381. The lowest BCUT2D eigenvalue weighted by Gasteiger charge is -2.22. The van der Waals surface area contributed by atoms with E-state index in [0.29, 0.717) is 13.1 Å². The van der Waals surface area contributed by atoms with Gasteiger partial charge in [-0.1, -0.05) is 18.2 Å². The zero-order valence-electron chi connectivity index (χ0n) is 15.3. The Balaban J connectivity index is 1.60. The number of carbonyl (C=O) groups excluding carboxylic acids is 2. The number of rotatable bonds is 3. The highest BCUT2D eigenvalue weighted by Crippen LogP contribution is 2.32. The molecule has 2 aromatic rings. The van der Waals surface area contributed by atoms with Crippen LogP contribution in [0.25, 0.3) is 0 Å². The average molecular weight is 366 g/mol. The number of aromatic nitrogens is 2. The summed E-state index contributed by atoms with van der Waals surface area (Å²) in [7, 11) is 0. The van der Waals surface area contributed by atoms with E-state index in [4.69, 9.17) is 0 Å². The Morgan fingerprint density at radius 1 is 1.11 bits per heavy atom. The average Bonchev–Trinajstić information content (AvgIpc) is 3.30. The van der Waals surface area contributed by atoms with Crippen LogP contribution in [0, 0.1) is 0 Å².